The van der Waals surface area contributed by atoms with Crippen LogP contribution >= 0.6 is 0 Å². The molecular weight excluding hydrogens is 234 g/mol. The number of piperidine rings is 1. The number of hydrogen-bond acceptors (Lipinski definition) is 3. The zero-order valence-corrected chi connectivity index (χ0v) is 12.7. The number of benzene rings is 1. The molecule has 1 unspecified atom stereocenters. The van der Waals surface area contributed by atoms with Crippen molar-refractivity contribution in [2.24, 2.45) is 0 Å². The molecule has 1 aromatic rings. The van der Waals surface area contributed by atoms with Gasteiger partial charge in [0.25, 0.3) is 0 Å². The number of nitrogens with zero attached hydrogens (tertiary/aromatic N) is 2. The molecule has 0 saturated carbocycles. The summed E-state index contributed by atoms with van der Waals surface area (Å²) in [4.78, 5) is 4.89. The Hall–Kier alpha value is -1.06. The number of likely N-dealkylation sites (N-methyl/N-ethyl adjacent to an activating group) is 2. The summed E-state index contributed by atoms with van der Waals surface area (Å²) < 4.78 is 0. The van der Waals surface area contributed by atoms with E-state index in [0.29, 0.717) is 6.04 Å². The Labute approximate surface area is 117 Å². The summed E-state index contributed by atoms with van der Waals surface area (Å²) in [6, 6.07) is 7.48. The van der Waals surface area contributed by atoms with E-state index in [1.165, 1.54) is 42.7 Å². The maximum absolute atomic E-state index is 3.22. The highest BCUT2D eigenvalue weighted by Gasteiger charge is 2.21. The van der Waals surface area contributed by atoms with Gasteiger partial charge in [0.1, 0.15) is 0 Å². The number of likely N-dealkylation sites (tertiary alicyclic amines) is 1. The molecule has 3 heteroatoms. The Bertz CT molecular complexity index is 416. The van der Waals surface area contributed by atoms with E-state index in [4.69, 9.17) is 0 Å². The van der Waals surface area contributed by atoms with Crippen LogP contribution in [0.4, 0.5) is 5.69 Å². The van der Waals surface area contributed by atoms with Crippen molar-refractivity contribution in [2.75, 3.05) is 39.1 Å². The molecule has 1 aromatic carbocycles. The van der Waals surface area contributed by atoms with Crippen LogP contribution in [0.2, 0.25) is 0 Å². The van der Waals surface area contributed by atoms with Crippen LogP contribution in [0.3, 0.4) is 0 Å². The van der Waals surface area contributed by atoms with E-state index in [9.17, 15) is 0 Å². The van der Waals surface area contributed by atoms with Gasteiger partial charge < -0.3 is 15.1 Å². The van der Waals surface area contributed by atoms with E-state index < -0.39 is 0 Å². The van der Waals surface area contributed by atoms with Crippen LogP contribution in [0.15, 0.2) is 18.2 Å². The molecule has 3 nitrogen and oxygen atoms in total. The van der Waals surface area contributed by atoms with Crippen molar-refractivity contribution in [1.29, 1.82) is 0 Å². The number of anilines is 1. The quantitative estimate of drug-likeness (QED) is 0.897. The Kier molecular flexibility index (Phi) is 4.83. The summed E-state index contributed by atoms with van der Waals surface area (Å²) in [5, 5.41) is 3.22. The summed E-state index contributed by atoms with van der Waals surface area (Å²) in [6.07, 6.45) is 2.61. The molecule has 0 spiro atoms. The summed E-state index contributed by atoms with van der Waals surface area (Å²) in [5.74, 6) is 0. The van der Waals surface area contributed by atoms with Gasteiger partial charge in [0.2, 0.25) is 0 Å². The lowest BCUT2D eigenvalue weighted by atomic mass is 10.0. The van der Waals surface area contributed by atoms with Crippen LogP contribution in [-0.4, -0.2) is 45.2 Å². The van der Waals surface area contributed by atoms with Crippen LogP contribution in [-0.2, 0) is 6.54 Å². The van der Waals surface area contributed by atoms with Gasteiger partial charge in [-0.05, 0) is 63.7 Å². The van der Waals surface area contributed by atoms with E-state index in [-0.39, 0.29) is 0 Å². The fourth-order valence-electron chi connectivity index (χ4n) is 2.95. The maximum Gasteiger partial charge on any atom is 0.0414 e. The maximum atomic E-state index is 3.22. The monoisotopic (exact) mass is 261 g/mol. The SMILES string of the molecule is CNCc1ccc(N(C)C2CCCN(C)C2)cc1C. The molecule has 1 fully saturated rings. The second-order valence-corrected chi connectivity index (χ2v) is 5.81. The van der Waals surface area contributed by atoms with Crippen LogP contribution in [0.1, 0.15) is 24.0 Å². The topological polar surface area (TPSA) is 18.5 Å². The Balaban J connectivity index is 2.10. The van der Waals surface area contributed by atoms with Gasteiger partial charge in [0.15, 0.2) is 0 Å². The minimum Gasteiger partial charge on any atom is -0.370 e. The summed E-state index contributed by atoms with van der Waals surface area (Å²) in [6.45, 7) is 5.57. The lowest BCUT2D eigenvalue weighted by molar-refractivity contribution is 0.248. The molecule has 0 aliphatic carbocycles. The van der Waals surface area contributed by atoms with Crippen molar-refractivity contribution in [1.82, 2.24) is 10.2 Å². The highest BCUT2D eigenvalue weighted by molar-refractivity contribution is 5.51. The third-order valence-electron chi connectivity index (χ3n) is 4.25. The summed E-state index contributed by atoms with van der Waals surface area (Å²) in [7, 11) is 6.45. The van der Waals surface area contributed by atoms with Gasteiger partial charge in [0, 0.05) is 31.9 Å². The number of hydrogen-bond donors (Lipinski definition) is 1. The molecule has 1 aliphatic rings. The zero-order valence-electron chi connectivity index (χ0n) is 12.7. The minimum atomic E-state index is 0.647. The fraction of sp³-hybridized carbons (Fsp3) is 0.625. The van der Waals surface area contributed by atoms with Gasteiger partial charge in [-0.15, -0.1) is 0 Å². The molecule has 1 atom stereocenters. The van der Waals surface area contributed by atoms with Gasteiger partial charge in [-0.1, -0.05) is 6.07 Å². The number of aryl methyl sites for hydroxylation is 1. The van der Waals surface area contributed by atoms with E-state index in [2.05, 4.69) is 54.3 Å². The molecule has 0 aromatic heterocycles. The first-order chi connectivity index (χ1) is 9.11. The lowest BCUT2D eigenvalue weighted by Crippen LogP contribution is -2.45. The number of nitrogens with one attached hydrogen (secondary N) is 1. The second kappa shape index (κ2) is 6.40. The molecule has 1 aliphatic heterocycles. The van der Waals surface area contributed by atoms with Crippen molar-refractivity contribution in [3.63, 3.8) is 0 Å². The predicted molar refractivity (Wildman–Crippen MR) is 82.9 cm³/mol. The number of rotatable bonds is 4. The van der Waals surface area contributed by atoms with E-state index in [1.807, 2.05) is 7.05 Å². The van der Waals surface area contributed by atoms with Crippen LogP contribution < -0.4 is 10.2 Å². The first-order valence-corrected chi connectivity index (χ1v) is 7.27. The predicted octanol–water partition coefficient (Wildman–Crippen LogP) is 2.24. The van der Waals surface area contributed by atoms with E-state index >= 15 is 0 Å². The highest BCUT2D eigenvalue weighted by atomic mass is 15.2. The molecule has 1 heterocycles. The third-order valence-corrected chi connectivity index (χ3v) is 4.25. The average molecular weight is 261 g/mol. The van der Waals surface area contributed by atoms with Crippen LogP contribution in [0, 0.1) is 6.92 Å². The largest absolute Gasteiger partial charge is 0.370 e. The summed E-state index contributed by atoms with van der Waals surface area (Å²) in [5.41, 5.74) is 4.11. The van der Waals surface area contributed by atoms with Gasteiger partial charge in [-0.25, -0.2) is 0 Å². The molecule has 1 N–H and O–H groups in total. The fourth-order valence-corrected chi connectivity index (χ4v) is 2.95. The van der Waals surface area contributed by atoms with Gasteiger partial charge in [0.05, 0.1) is 0 Å². The normalized spacial score (nSPS) is 20.5. The highest BCUT2D eigenvalue weighted by Crippen LogP contribution is 2.23. The Morgan fingerprint density at radius 1 is 1.42 bits per heavy atom. The van der Waals surface area contributed by atoms with E-state index in [0.717, 1.165) is 6.54 Å². The standard InChI is InChI=1S/C16H27N3/c1-13-10-15(8-7-14(13)11-17-2)19(4)16-6-5-9-18(3)12-16/h7-8,10,16-17H,5-6,9,11-12H2,1-4H3. The second-order valence-electron chi connectivity index (χ2n) is 5.81. The van der Waals surface area contributed by atoms with Crippen molar-refractivity contribution in [3.8, 4) is 0 Å². The summed E-state index contributed by atoms with van der Waals surface area (Å²) >= 11 is 0. The van der Waals surface area contributed by atoms with Crippen molar-refractivity contribution >= 4 is 5.69 Å². The molecular formula is C16H27N3. The van der Waals surface area contributed by atoms with E-state index in [1.54, 1.807) is 0 Å². The first kappa shape index (κ1) is 14.4. The average Bonchev–Trinajstić information content (AvgIpc) is 2.40. The Morgan fingerprint density at radius 3 is 2.84 bits per heavy atom. The molecule has 0 bridgehead atoms. The Morgan fingerprint density at radius 2 is 2.21 bits per heavy atom. The lowest BCUT2D eigenvalue weighted by Gasteiger charge is -2.37. The van der Waals surface area contributed by atoms with Crippen molar-refractivity contribution in [2.45, 2.75) is 32.4 Å². The molecule has 1 saturated heterocycles. The van der Waals surface area contributed by atoms with Gasteiger partial charge >= 0.3 is 0 Å². The molecule has 0 radical (unpaired) electrons. The van der Waals surface area contributed by atoms with Crippen LogP contribution in [0.25, 0.3) is 0 Å². The molecule has 106 valence electrons. The van der Waals surface area contributed by atoms with Gasteiger partial charge in [-0.3, -0.25) is 0 Å². The zero-order chi connectivity index (χ0) is 13.8. The smallest absolute Gasteiger partial charge is 0.0414 e. The third kappa shape index (κ3) is 3.48. The van der Waals surface area contributed by atoms with Crippen molar-refractivity contribution in [3.05, 3.63) is 29.3 Å². The molecule has 0 amide bonds. The van der Waals surface area contributed by atoms with Gasteiger partial charge in [-0.2, -0.15) is 0 Å². The van der Waals surface area contributed by atoms with Crippen LogP contribution in [0.5, 0.6) is 0 Å². The molecule has 2 rings (SSSR count). The molecule has 19 heavy (non-hydrogen) atoms. The minimum absolute atomic E-state index is 0.647. The first-order valence-electron chi connectivity index (χ1n) is 7.27. The van der Waals surface area contributed by atoms with Crippen molar-refractivity contribution < 1.29 is 0 Å².